The van der Waals surface area contributed by atoms with Crippen molar-refractivity contribution in [3.05, 3.63) is 53.3 Å². The van der Waals surface area contributed by atoms with E-state index in [4.69, 9.17) is 10.5 Å². The van der Waals surface area contributed by atoms with Crippen LogP contribution in [0.4, 0.5) is 24.5 Å². The van der Waals surface area contributed by atoms with E-state index in [1.54, 1.807) is 0 Å². The molecule has 3 nitrogen and oxygen atoms in total. The minimum Gasteiger partial charge on any atom is -0.494 e. The van der Waals surface area contributed by atoms with Crippen molar-refractivity contribution in [2.75, 3.05) is 12.4 Å². The van der Waals surface area contributed by atoms with Gasteiger partial charge in [-0.05, 0) is 24.3 Å². The highest BCUT2D eigenvalue weighted by atomic mass is 32.1. The molecule has 0 amide bonds. The van der Waals surface area contributed by atoms with Crippen molar-refractivity contribution in [2.24, 2.45) is 5.73 Å². The molecule has 0 unspecified atom stereocenters. The van der Waals surface area contributed by atoms with E-state index in [-0.39, 0.29) is 27.7 Å². The molecule has 7 heteroatoms. The minimum atomic E-state index is -0.860. The Balaban J connectivity index is 2.38. The van der Waals surface area contributed by atoms with Gasteiger partial charge in [0.05, 0.1) is 7.11 Å². The van der Waals surface area contributed by atoms with Crippen molar-refractivity contribution in [1.82, 2.24) is 0 Å². The Morgan fingerprint density at radius 1 is 1.10 bits per heavy atom. The zero-order chi connectivity index (χ0) is 15.6. The molecule has 0 atom stereocenters. The molecule has 2 aromatic carbocycles. The van der Waals surface area contributed by atoms with Gasteiger partial charge in [0, 0.05) is 17.3 Å². The summed E-state index contributed by atoms with van der Waals surface area (Å²) in [6.45, 7) is 0. The summed E-state index contributed by atoms with van der Waals surface area (Å²) in [5.41, 5.74) is 5.30. The second kappa shape index (κ2) is 6.01. The number of nitrogens with two attached hydrogens (primary N) is 1. The van der Waals surface area contributed by atoms with Crippen molar-refractivity contribution in [3.8, 4) is 5.75 Å². The molecule has 0 spiro atoms. The monoisotopic (exact) mass is 312 g/mol. The minimum absolute atomic E-state index is 0.0411. The highest BCUT2D eigenvalue weighted by Crippen LogP contribution is 2.28. The zero-order valence-electron chi connectivity index (χ0n) is 10.9. The number of anilines is 2. The van der Waals surface area contributed by atoms with Crippen LogP contribution in [0.3, 0.4) is 0 Å². The molecule has 0 heterocycles. The number of rotatable bonds is 4. The van der Waals surface area contributed by atoms with E-state index >= 15 is 0 Å². The summed E-state index contributed by atoms with van der Waals surface area (Å²) in [4.78, 5) is -0.109. The number of ether oxygens (including phenoxy) is 1. The Bertz CT molecular complexity index is 684. The van der Waals surface area contributed by atoms with E-state index in [0.717, 1.165) is 18.2 Å². The van der Waals surface area contributed by atoms with E-state index < -0.39 is 17.5 Å². The summed E-state index contributed by atoms with van der Waals surface area (Å²) in [6.07, 6.45) is 0. The first kappa shape index (κ1) is 15.1. The Labute approximate surface area is 124 Å². The average Bonchev–Trinajstić information content (AvgIpc) is 2.44. The zero-order valence-corrected chi connectivity index (χ0v) is 11.7. The smallest absolute Gasteiger partial charge is 0.165 e. The molecule has 0 fully saturated rings. The van der Waals surface area contributed by atoms with Gasteiger partial charge in [-0.2, -0.15) is 0 Å². The molecule has 0 aliphatic rings. The second-order valence-electron chi connectivity index (χ2n) is 4.15. The number of halogens is 3. The number of benzene rings is 2. The predicted octanol–water partition coefficient (Wildman–Crippen LogP) is 3.49. The third-order valence-electron chi connectivity index (χ3n) is 2.75. The van der Waals surface area contributed by atoms with Gasteiger partial charge in [0.1, 0.15) is 22.3 Å². The first-order valence-corrected chi connectivity index (χ1v) is 6.22. The summed E-state index contributed by atoms with van der Waals surface area (Å²) in [7, 11) is 1.29. The Kier molecular flexibility index (Phi) is 4.32. The molecular formula is C14H11F3N2OS. The quantitative estimate of drug-likeness (QED) is 0.849. The van der Waals surface area contributed by atoms with Crippen molar-refractivity contribution in [2.45, 2.75) is 0 Å². The fourth-order valence-corrected chi connectivity index (χ4v) is 1.83. The van der Waals surface area contributed by atoms with Crippen LogP contribution in [0.1, 0.15) is 5.56 Å². The largest absolute Gasteiger partial charge is 0.494 e. The fraction of sp³-hybridized carbons (Fsp3) is 0.0714. The van der Waals surface area contributed by atoms with Crippen molar-refractivity contribution in [3.63, 3.8) is 0 Å². The molecule has 0 aliphatic heterocycles. The fourth-order valence-electron chi connectivity index (χ4n) is 1.72. The van der Waals surface area contributed by atoms with Gasteiger partial charge in [-0.15, -0.1) is 0 Å². The van der Waals surface area contributed by atoms with E-state index in [2.05, 4.69) is 17.5 Å². The van der Waals surface area contributed by atoms with E-state index in [1.165, 1.54) is 19.2 Å². The van der Waals surface area contributed by atoms with Crippen LogP contribution in [0.15, 0.2) is 30.3 Å². The maximum Gasteiger partial charge on any atom is 0.165 e. The highest BCUT2D eigenvalue weighted by Gasteiger charge is 2.13. The van der Waals surface area contributed by atoms with Gasteiger partial charge in [-0.3, -0.25) is 0 Å². The molecule has 0 saturated carbocycles. The third kappa shape index (κ3) is 3.25. The van der Waals surface area contributed by atoms with Crippen molar-refractivity contribution in [1.29, 1.82) is 0 Å². The van der Waals surface area contributed by atoms with E-state index in [1.807, 2.05) is 0 Å². The Hall–Kier alpha value is -2.28. The first-order chi connectivity index (χ1) is 9.92. The summed E-state index contributed by atoms with van der Waals surface area (Å²) in [5, 5.41) is 2.53. The van der Waals surface area contributed by atoms with Gasteiger partial charge in [0.25, 0.3) is 0 Å². The lowest BCUT2D eigenvalue weighted by Crippen LogP contribution is -2.11. The van der Waals surface area contributed by atoms with E-state index in [9.17, 15) is 13.2 Å². The van der Waals surface area contributed by atoms with Crippen LogP contribution in [0.5, 0.6) is 5.75 Å². The molecule has 21 heavy (non-hydrogen) atoms. The van der Waals surface area contributed by atoms with Crippen molar-refractivity contribution >= 4 is 28.6 Å². The molecule has 2 rings (SSSR count). The number of nitrogens with one attached hydrogen (secondary N) is 1. The summed E-state index contributed by atoms with van der Waals surface area (Å²) in [6, 6.07) is 5.79. The van der Waals surface area contributed by atoms with Gasteiger partial charge in [0.2, 0.25) is 0 Å². The number of hydrogen-bond acceptors (Lipinski definition) is 3. The lowest BCUT2D eigenvalue weighted by atomic mass is 10.1. The highest BCUT2D eigenvalue weighted by molar-refractivity contribution is 7.80. The van der Waals surface area contributed by atoms with Gasteiger partial charge >= 0.3 is 0 Å². The standard InChI is InChI=1S/C14H11F3N2OS/c1-20-12-6-8(2-3-9(12)15)19-13-10(16)4-7(14(18)21)5-11(13)17/h2-6,19H,1H3,(H2,18,21). The molecule has 0 saturated heterocycles. The second-order valence-corrected chi connectivity index (χ2v) is 4.59. The molecule has 2 aromatic rings. The topological polar surface area (TPSA) is 47.3 Å². The average molecular weight is 312 g/mol. The maximum absolute atomic E-state index is 13.9. The number of hydrogen-bond donors (Lipinski definition) is 2. The van der Waals surface area contributed by atoms with Gasteiger partial charge in [-0.25, -0.2) is 13.2 Å². The van der Waals surface area contributed by atoms with Crippen LogP contribution in [-0.2, 0) is 0 Å². The van der Waals surface area contributed by atoms with Crippen molar-refractivity contribution < 1.29 is 17.9 Å². The maximum atomic E-state index is 13.9. The summed E-state index contributed by atoms with van der Waals surface area (Å²) >= 11 is 4.67. The lowest BCUT2D eigenvalue weighted by Gasteiger charge is -2.11. The molecule has 0 aromatic heterocycles. The third-order valence-corrected chi connectivity index (χ3v) is 2.98. The molecule has 0 radical (unpaired) electrons. The summed E-state index contributed by atoms with van der Waals surface area (Å²) < 4.78 is 45.9. The first-order valence-electron chi connectivity index (χ1n) is 5.81. The molecule has 110 valence electrons. The van der Waals surface area contributed by atoms with Gasteiger partial charge in [0.15, 0.2) is 11.6 Å². The van der Waals surface area contributed by atoms with Gasteiger partial charge in [-0.1, -0.05) is 12.2 Å². The van der Waals surface area contributed by atoms with Crippen LogP contribution in [0.25, 0.3) is 0 Å². The predicted molar refractivity (Wildman–Crippen MR) is 78.5 cm³/mol. The molecular weight excluding hydrogens is 301 g/mol. The molecule has 3 N–H and O–H groups in total. The normalized spacial score (nSPS) is 10.3. The van der Waals surface area contributed by atoms with Crippen LogP contribution in [-0.4, -0.2) is 12.1 Å². The lowest BCUT2D eigenvalue weighted by molar-refractivity contribution is 0.387. The Morgan fingerprint density at radius 3 is 2.24 bits per heavy atom. The van der Waals surface area contributed by atoms with Crippen LogP contribution < -0.4 is 15.8 Å². The SMILES string of the molecule is COc1cc(Nc2c(F)cc(C(N)=S)cc2F)ccc1F. The molecule has 0 bridgehead atoms. The Morgan fingerprint density at radius 2 is 1.71 bits per heavy atom. The van der Waals surface area contributed by atoms with Crippen LogP contribution >= 0.6 is 12.2 Å². The number of methoxy groups -OCH3 is 1. The van der Waals surface area contributed by atoms with Crippen LogP contribution in [0, 0.1) is 17.5 Å². The number of thiocarbonyl (C=S) groups is 1. The van der Waals surface area contributed by atoms with E-state index in [0.29, 0.717) is 0 Å². The molecule has 0 aliphatic carbocycles. The summed E-state index contributed by atoms with van der Waals surface area (Å²) in [5.74, 6) is -2.34. The van der Waals surface area contributed by atoms with Gasteiger partial charge < -0.3 is 15.8 Å². The van der Waals surface area contributed by atoms with Crippen LogP contribution in [0.2, 0.25) is 0 Å².